The summed E-state index contributed by atoms with van der Waals surface area (Å²) in [6, 6.07) is 12.5. The number of carbonyl (C=O) groups excluding carboxylic acids is 1. The van der Waals surface area contributed by atoms with Gasteiger partial charge >= 0.3 is 0 Å². The second kappa shape index (κ2) is 8.02. The molecule has 0 bridgehead atoms. The fourth-order valence-corrected chi connectivity index (χ4v) is 2.49. The Morgan fingerprint density at radius 3 is 2.48 bits per heavy atom. The highest BCUT2D eigenvalue weighted by molar-refractivity contribution is 9.10. The zero-order chi connectivity index (χ0) is 16.8. The molecule has 0 aliphatic heterocycles. The normalized spacial score (nSPS) is 11.7. The van der Waals surface area contributed by atoms with Gasteiger partial charge in [-0.3, -0.25) is 4.79 Å². The molecule has 0 aromatic heterocycles. The van der Waals surface area contributed by atoms with Crippen LogP contribution in [-0.4, -0.2) is 19.1 Å². The smallest absolute Gasteiger partial charge is 0.255 e. The Balaban J connectivity index is 2.04. The van der Waals surface area contributed by atoms with Gasteiger partial charge in [0.15, 0.2) is 0 Å². The van der Waals surface area contributed by atoms with Crippen LogP contribution in [0.4, 0.5) is 5.69 Å². The maximum absolute atomic E-state index is 12.3. The van der Waals surface area contributed by atoms with Crippen molar-refractivity contribution in [3.63, 3.8) is 0 Å². The Morgan fingerprint density at radius 1 is 1.22 bits per heavy atom. The first-order valence-electron chi connectivity index (χ1n) is 7.45. The Bertz CT molecular complexity index is 670. The minimum absolute atomic E-state index is 0.159. The van der Waals surface area contributed by atoms with Crippen LogP contribution in [0.3, 0.4) is 0 Å². The van der Waals surface area contributed by atoms with E-state index in [1.54, 1.807) is 37.4 Å². The Morgan fingerprint density at radius 2 is 1.91 bits per heavy atom. The maximum atomic E-state index is 12.3. The second-order valence-corrected chi connectivity index (χ2v) is 6.02. The van der Waals surface area contributed by atoms with Gasteiger partial charge in [0.05, 0.1) is 17.7 Å². The van der Waals surface area contributed by atoms with Crippen molar-refractivity contribution in [3.8, 4) is 11.5 Å². The molecule has 0 heterocycles. The van der Waals surface area contributed by atoms with Gasteiger partial charge in [-0.05, 0) is 71.7 Å². The molecule has 5 heteroatoms. The van der Waals surface area contributed by atoms with E-state index in [1.165, 1.54) is 0 Å². The summed E-state index contributed by atoms with van der Waals surface area (Å²) in [6.07, 6.45) is 1.10. The number of halogens is 1. The van der Waals surface area contributed by atoms with Gasteiger partial charge in [0.1, 0.15) is 11.5 Å². The van der Waals surface area contributed by atoms with Gasteiger partial charge in [-0.2, -0.15) is 0 Å². The van der Waals surface area contributed by atoms with Crippen LogP contribution in [0, 0.1) is 0 Å². The summed E-state index contributed by atoms with van der Waals surface area (Å²) in [4.78, 5) is 12.3. The van der Waals surface area contributed by atoms with Gasteiger partial charge in [-0.15, -0.1) is 0 Å². The highest BCUT2D eigenvalue weighted by Gasteiger charge is 2.09. The van der Waals surface area contributed by atoms with E-state index in [0.29, 0.717) is 11.3 Å². The van der Waals surface area contributed by atoms with Crippen LogP contribution in [0.5, 0.6) is 11.5 Å². The number of nitrogens with one attached hydrogen (secondary N) is 1. The summed E-state index contributed by atoms with van der Waals surface area (Å²) in [6.45, 7) is 4.08. The maximum Gasteiger partial charge on any atom is 0.255 e. The molecule has 0 aliphatic rings. The predicted molar refractivity (Wildman–Crippen MR) is 95.5 cm³/mol. The molecule has 0 fully saturated rings. The van der Waals surface area contributed by atoms with E-state index < -0.39 is 0 Å². The zero-order valence-electron chi connectivity index (χ0n) is 13.4. The van der Waals surface area contributed by atoms with Crippen molar-refractivity contribution >= 4 is 27.5 Å². The second-order valence-electron chi connectivity index (χ2n) is 5.16. The van der Waals surface area contributed by atoms with E-state index in [-0.39, 0.29) is 12.0 Å². The molecule has 23 heavy (non-hydrogen) atoms. The molecule has 0 radical (unpaired) electrons. The SMILES string of the molecule is CCC(C)Oc1ccc(C(=O)Nc2ccc(OC)c(Br)c2)cc1. The predicted octanol–water partition coefficient (Wildman–Crippen LogP) is 4.89. The first-order chi connectivity index (χ1) is 11.0. The van der Waals surface area contributed by atoms with E-state index in [1.807, 2.05) is 19.1 Å². The molecule has 0 spiro atoms. The van der Waals surface area contributed by atoms with Crippen molar-refractivity contribution in [2.75, 3.05) is 12.4 Å². The lowest BCUT2D eigenvalue weighted by Crippen LogP contribution is -2.12. The molecule has 1 atom stereocenters. The van der Waals surface area contributed by atoms with Gasteiger partial charge in [0.2, 0.25) is 0 Å². The third-order valence-corrected chi connectivity index (χ3v) is 4.06. The van der Waals surface area contributed by atoms with Gasteiger partial charge in [-0.25, -0.2) is 0 Å². The fourth-order valence-electron chi connectivity index (χ4n) is 1.95. The topological polar surface area (TPSA) is 47.6 Å². The molecule has 0 aliphatic carbocycles. The number of anilines is 1. The van der Waals surface area contributed by atoms with E-state index >= 15 is 0 Å². The molecule has 1 unspecified atom stereocenters. The monoisotopic (exact) mass is 377 g/mol. The number of hydrogen-bond acceptors (Lipinski definition) is 3. The number of methoxy groups -OCH3 is 1. The number of benzene rings is 2. The van der Waals surface area contributed by atoms with Crippen molar-refractivity contribution in [2.24, 2.45) is 0 Å². The molecule has 1 N–H and O–H groups in total. The number of ether oxygens (including phenoxy) is 2. The zero-order valence-corrected chi connectivity index (χ0v) is 15.0. The van der Waals surface area contributed by atoms with Crippen molar-refractivity contribution in [1.82, 2.24) is 0 Å². The van der Waals surface area contributed by atoms with Crippen LogP contribution < -0.4 is 14.8 Å². The lowest BCUT2D eigenvalue weighted by molar-refractivity contribution is 0.102. The highest BCUT2D eigenvalue weighted by atomic mass is 79.9. The van der Waals surface area contributed by atoms with Crippen LogP contribution >= 0.6 is 15.9 Å². The van der Waals surface area contributed by atoms with Crippen LogP contribution in [0.25, 0.3) is 0 Å². The average Bonchev–Trinajstić information content (AvgIpc) is 2.55. The molecule has 4 nitrogen and oxygen atoms in total. The molecule has 1 amide bonds. The van der Waals surface area contributed by atoms with E-state index in [2.05, 4.69) is 28.2 Å². The van der Waals surface area contributed by atoms with Gasteiger partial charge in [0, 0.05) is 11.3 Å². The summed E-state index contributed by atoms with van der Waals surface area (Å²) in [5, 5.41) is 2.86. The molecule has 0 saturated heterocycles. The first-order valence-corrected chi connectivity index (χ1v) is 8.24. The van der Waals surface area contributed by atoms with E-state index in [4.69, 9.17) is 9.47 Å². The summed E-state index contributed by atoms with van der Waals surface area (Å²) in [5.41, 5.74) is 1.27. The van der Waals surface area contributed by atoms with Crippen LogP contribution in [-0.2, 0) is 0 Å². The molecule has 0 saturated carbocycles. The van der Waals surface area contributed by atoms with Crippen LogP contribution in [0.15, 0.2) is 46.9 Å². The lowest BCUT2D eigenvalue weighted by atomic mass is 10.2. The van der Waals surface area contributed by atoms with Gasteiger partial charge in [0.25, 0.3) is 5.91 Å². The van der Waals surface area contributed by atoms with Crippen molar-refractivity contribution in [2.45, 2.75) is 26.4 Å². The molecule has 2 rings (SSSR count). The summed E-state index contributed by atoms with van der Waals surface area (Å²) in [5.74, 6) is 1.31. The minimum Gasteiger partial charge on any atom is -0.496 e. The molecule has 122 valence electrons. The number of amides is 1. The van der Waals surface area contributed by atoms with Crippen molar-refractivity contribution in [1.29, 1.82) is 0 Å². The largest absolute Gasteiger partial charge is 0.496 e. The fraction of sp³-hybridized carbons (Fsp3) is 0.278. The summed E-state index contributed by atoms with van der Waals surface area (Å²) < 4.78 is 11.7. The molecule has 2 aromatic carbocycles. The van der Waals surface area contributed by atoms with Gasteiger partial charge in [-0.1, -0.05) is 6.92 Å². The third-order valence-electron chi connectivity index (χ3n) is 3.44. The van der Waals surface area contributed by atoms with Crippen LogP contribution in [0.2, 0.25) is 0 Å². The minimum atomic E-state index is -0.169. The van der Waals surface area contributed by atoms with E-state index in [0.717, 1.165) is 22.4 Å². The summed E-state index contributed by atoms with van der Waals surface area (Å²) in [7, 11) is 1.60. The van der Waals surface area contributed by atoms with Gasteiger partial charge < -0.3 is 14.8 Å². The third kappa shape index (κ3) is 4.73. The quantitative estimate of drug-likeness (QED) is 0.779. The molecular formula is C18H20BrNO3. The molecular weight excluding hydrogens is 358 g/mol. The van der Waals surface area contributed by atoms with Crippen molar-refractivity contribution < 1.29 is 14.3 Å². The standard InChI is InChI=1S/C18H20BrNO3/c1-4-12(2)23-15-8-5-13(6-9-15)18(21)20-14-7-10-17(22-3)16(19)11-14/h5-12H,4H2,1-3H3,(H,20,21). The lowest BCUT2D eigenvalue weighted by Gasteiger charge is -2.13. The first kappa shape index (κ1) is 17.3. The highest BCUT2D eigenvalue weighted by Crippen LogP contribution is 2.28. The average molecular weight is 378 g/mol. The number of carbonyl (C=O) groups is 1. The number of hydrogen-bond donors (Lipinski definition) is 1. The summed E-state index contributed by atoms with van der Waals surface area (Å²) >= 11 is 3.40. The van der Waals surface area contributed by atoms with Crippen molar-refractivity contribution in [3.05, 3.63) is 52.5 Å². The Labute approximate surface area is 144 Å². The number of rotatable bonds is 6. The Kier molecular flexibility index (Phi) is 6.04. The Hall–Kier alpha value is -2.01. The van der Waals surface area contributed by atoms with E-state index in [9.17, 15) is 4.79 Å². The van der Waals surface area contributed by atoms with Crippen LogP contribution in [0.1, 0.15) is 30.6 Å². The molecule has 2 aromatic rings.